The lowest BCUT2D eigenvalue weighted by molar-refractivity contribution is -0.0295. The Labute approximate surface area is 139 Å². The zero-order chi connectivity index (χ0) is 16.4. The van der Waals surface area contributed by atoms with Crippen molar-refractivity contribution in [2.24, 2.45) is 0 Å². The summed E-state index contributed by atoms with van der Waals surface area (Å²) in [6.07, 6.45) is -0.138. The molecule has 0 amide bonds. The number of rotatable bonds is 5. The quantitative estimate of drug-likeness (QED) is 0.828. The van der Waals surface area contributed by atoms with E-state index in [2.05, 4.69) is 0 Å². The van der Waals surface area contributed by atoms with Gasteiger partial charge >= 0.3 is 0 Å². The molecule has 0 N–H and O–H groups in total. The van der Waals surface area contributed by atoms with Crippen LogP contribution in [0, 0.1) is 5.82 Å². The Morgan fingerprint density at radius 2 is 1.70 bits per heavy atom. The number of halogens is 2. The van der Waals surface area contributed by atoms with Crippen molar-refractivity contribution in [3.63, 3.8) is 0 Å². The van der Waals surface area contributed by atoms with Crippen LogP contribution in [0.1, 0.15) is 5.56 Å². The molecule has 0 aliphatic carbocycles. The zero-order valence-electron chi connectivity index (χ0n) is 12.2. The first-order valence-corrected chi connectivity index (χ1v) is 8.89. The third-order valence-corrected chi connectivity index (χ3v) is 5.76. The highest BCUT2D eigenvalue weighted by Crippen LogP contribution is 2.24. The summed E-state index contributed by atoms with van der Waals surface area (Å²) in [5, 5.41) is 0.661. The van der Waals surface area contributed by atoms with Crippen LogP contribution in [0.4, 0.5) is 4.39 Å². The lowest BCUT2D eigenvalue weighted by atomic mass is 10.2. The van der Waals surface area contributed by atoms with Crippen molar-refractivity contribution in [2.75, 3.05) is 13.1 Å². The maximum absolute atomic E-state index is 12.9. The van der Waals surface area contributed by atoms with Gasteiger partial charge in [0.15, 0.2) is 0 Å². The average molecular weight is 356 g/mol. The van der Waals surface area contributed by atoms with E-state index in [1.165, 1.54) is 16.4 Å². The first-order valence-electron chi connectivity index (χ1n) is 7.07. The van der Waals surface area contributed by atoms with E-state index in [0.29, 0.717) is 24.7 Å². The summed E-state index contributed by atoms with van der Waals surface area (Å²) in [5.74, 6) is -0.461. The van der Waals surface area contributed by atoms with Crippen LogP contribution in [0.3, 0.4) is 0 Å². The molecule has 0 aromatic heterocycles. The summed E-state index contributed by atoms with van der Waals surface area (Å²) >= 11 is 5.81. The third kappa shape index (κ3) is 3.72. The van der Waals surface area contributed by atoms with Gasteiger partial charge in [0, 0.05) is 18.1 Å². The van der Waals surface area contributed by atoms with Crippen molar-refractivity contribution >= 4 is 21.6 Å². The number of hydrogen-bond donors (Lipinski definition) is 0. The van der Waals surface area contributed by atoms with Crippen molar-refractivity contribution in [2.45, 2.75) is 17.6 Å². The predicted molar refractivity (Wildman–Crippen MR) is 85.2 cm³/mol. The summed E-state index contributed by atoms with van der Waals surface area (Å²) < 4.78 is 44.5. The van der Waals surface area contributed by atoms with E-state index in [0.717, 1.165) is 17.7 Å². The SMILES string of the molecule is O=S(=O)(c1ccc(F)cc1)N1CC(OCc2ccc(Cl)cc2)C1. The largest absolute Gasteiger partial charge is 0.371 e. The molecule has 0 bridgehead atoms. The number of benzene rings is 2. The van der Waals surface area contributed by atoms with Gasteiger partial charge in [0.05, 0.1) is 17.6 Å². The Balaban J connectivity index is 1.54. The summed E-state index contributed by atoms with van der Waals surface area (Å²) in [6, 6.07) is 12.1. The van der Waals surface area contributed by atoms with Crippen LogP contribution in [-0.4, -0.2) is 31.9 Å². The van der Waals surface area contributed by atoms with Crippen LogP contribution < -0.4 is 0 Å². The van der Waals surface area contributed by atoms with E-state index in [1.54, 1.807) is 12.1 Å². The second-order valence-corrected chi connectivity index (χ2v) is 7.71. The Bertz CT molecular complexity index is 772. The molecule has 0 saturated carbocycles. The minimum Gasteiger partial charge on any atom is -0.371 e. The van der Waals surface area contributed by atoms with Crippen LogP contribution in [0.5, 0.6) is 0 Å². The van der Waals surface area contributed by atoms with Gasteiger partial charge in [-0.2, -0.15) is 4.31 Å². The van der Waals surface area contributed by atoms with Gasteiger partial charge in [-0.1, -0.05) is 23.7 Å². The molecule has 7 heteroatoms. The standard InChI is InChI=1S/C16H15ClFNO3S/c17-13-3-1-12(2-4-13)11-22-15-9-19(10-15)23(20,21)16-7-5-14(18)6-8-16/h1-8,15H,9-11H2. The zero-order valence-corrected chi connectivity index (χ0v) is 13.7. The summed E-state index contributed by atoms with van der Waals surface area (Å²) in [7, 11) is -3.57. The predicted octanol–water partition coefficient (Wildman–Crippen LogP) is 3.07. The number of hydrogen-bond acceptors (Lipinski definition) is 3. The van der Waals surface area contributed by atoms with Crippen LogP contribution in [-0.2, 0) is 21.4 Å². The van der Waals surface area contributed by atoms with Crippen molar-refractivity contribution in [3.8, 4) is 0 Å². The van der Waals surface area contributed by atoms with Crippen molar-refractivity contribution in [3.05, 3.63) is 64.9 Å². The van der Waals surface area contributed by atoms with E-state index < -0.39 is 15.8 Å². The molecule has 1 saturated heterocycles. The van der Waals surface area contributed by atoms with Gasteiger partial charge in [-0.15, -0.1) is 0 Å². The minimum atomic E-state index is -3.57. The van der Waals surface area contributed by atoms with E-state index in [-0.39, 0.29) is 11.0 Å². The molecule has 1 fully saturated rings. The lowest BCUT2D eigenvalue weighted by Gasteiger charge is -2.37. The van der Waals surface area contributed by atoms with Gasteiger partial charge in [-0.25, -0.2) is 12.8 Å². The summed E-state index contributed by atoms with van der Waals surface area (Å²) in [5.41, 5.74) is 0.981. The molecule has 122 valence electrons. The molecule has 23 heavy (non-hydrogen) atoms. The van der Waals surface area contributed by atoms with Crippen molar-refractivity contribution in [1.82, 2.24) is 4.31 Å². The Morgan fingerprint density at radius 1 is 1.09 bits per heavy atom. The fourth-order valence-electron chi connectivity index (χ4n) is 2.25. The number of ether oxygens (including phenoxy) is 1. The number of nitrogens with zero attached hydrogens (tertiary/aromatic N) is 1. The van der Waals surface area contributed by atoms with Crippen LogP contribution >= 0.6 is 11.6 Å². The van der Waals surface area contributed by atoms with Gasteiger partial charge < -0.3 is 4.74 Å². The van der Waals surface area contributed by atoms with Gasteiger partial charge in [0.2, 0.25) is 10.0 Å². The van der Waals surface area contributed by atoms with E-state index >= 15 is 0 Å². The normalized spacial score (nSPS) is 16.3. The lowest BCUT2D eigenvalue weighted by Crippen LogP contribution is -2.54. The molecule has 2 aromatic carbocycles. The Hall–Kier alpha value is -1.47. The van der Waals surface area contributed by atoms with Crippen LogP contribution in [0.15, 0.2) is 53.4 Å². The second kappa shape index (κ2) is 6.57. The van der Waals surface area contributed by atoms with Gasteiger partial charge in [0.25, 0.3) is 0 Å². The maximum Gasteiger partial charge on any atom is 0.243 e. The van der Waals surface area contributed by atoms with Gasteiger partial charge in [0.1, 0.15) is 5.82 Å². The number of sulfonamides is 1. The van der Waals surface area contributed by atoms with E-state index in [1.807, 2.05) is 12.1 Å². The fourth-order valence-corrected chi connectivity index (χ4v) is 3.88. The molecule has 1 aliphatic rings. The highest BCUT2D eigenvalue weighted by molar-refractivity contribution is 7.89. The molecular weight excluding hydrogens is 341 g/mol. The van der Waals surface area contributed by atoms with E-state index in [9.17, 15) is 12.8 Å². The third-order valence-electron chi connectivity index (χ3n) is 3.66. The van der Waals surface area contributed by atoms with Crippen LogP contribution in [0.25, 0.3) is 0 Å². The summed E-state index contributed by atoms with van der Waals surface area (Å²) in [6.45, 7) is 1.01. The van der Waals surface area contributed by atoms with Gasteiger partial charge in [-0.3, -0.25) is 0 Å². The maximum atomic E-state index is 12.9. The molecule has 0 atom stereocenters. The monoisotopic (exact) mass is 355 g/mol. The second-order valence-electron chi connectivity index (χ2n) is 5.34. The Kier molecular flexibility index (Phi) is 4.68. The minimum absolute atomic E-state index is 0.0926. The van der Waals surface area contributed by atoms with E-state index in [4.69, 9.17) is 16.3 Å². The Morgan fingerprint density at radius 3 is 2.30 bits per heavy atom. The fraction of sp³-hybridized carbons (Fsp3) is 0.250. The molecule has 0 radical (unpaired) electrons. The molecule has 3 rings (SSSR count). The van der Waals surface area contributed by atoms with Crippen molar-refractivity contribution in [1.29, 1.82) is 0 Å². The van der Waals surface area contributed by atoms with Crippen LogP contribution in [0.2, 0.25) is 5.02 Å². The average Bonchev–Trinajstić information content (AvgIpc) is 2.48. The van der Waals surface area contributed by atoms with Gasteiger partial charge in [-0.05, 0) is 42.0 Å². The topological polar surface area (TPSA) is 46.6 Å². The summed E-state index contributed by atoms with van der Waals surface area (Å²) in [4.78, 5) is 0.0926. The highest BCUT2D eigenvalue weighted by atomic mass is 35.5. The first-order chi connectivity index (χ1) is 10.9. The molecule has 0 unspecified atom stereocenters. The molecule has 4 nitrogen and oxygen atoms in total. The molecule has 2 aromatic rings. The first kappa shape index (κ1) is 16.4. The molecule has 1 heterocycles. The highest BCUT2D eigenvalue weighted by Gasteiger charge is 2.37. The molecule has 1 aliphatic heterocycles. The molecular formula is C16H15ClFNO3S. The van der Waals surface area contributed by atoms with Crippen molar-refractivity contribution < 1.29 is 17.5 Å². The smallest absolute Gasteiger partial charge is 0.243 e. The molecule has 0 spiro atoms.